The van der Waals surface area contributed by atoms with Crippen molar-refractivity contribution < 1.29 is 38.4 Å². The zero-order chi connectivity index (χ0) is 27.1. The minimum atomic E-state index is -9.87. The fourth-order valence-corrected chi connectivity index (χ4v) is 4.74. The zero-order valence-corrected chi connectivity index (χ0v) is 21.1. The van der Waals surface area contributed by atoms with E-state index in [9.17, 15) is 24.2 Å². The Bertz CT molecular complexity index is 1230. The predicted molar refractivity (Wildman–Crippen MR) is 126 cm³/mol. The van der Waals surface area contributed by atoms with Crippen LogP contribution in [0.1, 0.15) is 54.7 Å². The molecule has 4 rings (SSSR count). The lowest BCUT2D eigenvalue weighted by Gasteiger charge is -2.40. The Kier molecular flexibility index (Phi) is 6.35. The number of nitrogens with zero attached hydrogens (tertiary/aromatic N) is 2. The third kappa shape index (κ3) is 6.42. The number of hydrogen-bond donors (Lipinski definition) is 2. The maximum absolute atomic E-state index is 13.4. The average molecular weight is 551 g/mol. The summed E-state index contributed by atoms with van der Waals surface area (Å²) in [7, 11) is -8.32. The van der Waals surface area contributed by atoms with E-state index in [1.807, 2.05) is 0 Å². The van der Waals surface area contributed by atoms with Gasteiger partial charge in [0, 0.05) is 7.11 Å². The van der Waals surface area contributed by atoms with Gasteiger partial charge in [-0.1, -0.05) is 31.6 Å². The van der Waals surface area contributed by atoms with Gasteiger partial charge in [-0.15, -0.1) is 0 Å². The summed E-state index contributed by atoms with van der Waals surface area (Å²) in [5, 5.41) is 5.90. The fourth-order valence-electron chi connectivity index (χ4n) is 4.04. The van der Waals surface area contributed by atoms with Crippen LogP contribution in [-0.4, -0.2) is 35.1 Å². The molecule has 204 valence electrons. The summed E-state index contributed by atoms with van der Waals surface area (Å²) in [5.74, 6) is 0.0840. The summed E-state index contributed by atoms with van der Waals surface area (Å²) >= 11 is 0. The van der Waals surface area contributed by atoms with E-state index in [0.717, 1.165) is 18.9 Å². The Morgan fingerprint density at radius 1 is 1.19 bits per heavy atom. The van der Waals surface area contributed by atoms with Crippen molar-refractivity contribution in [1.82, 2.24) is 15.3 Å². The summed E-state index contributed by atoms with van der Waals surface area (Å²) in [6.07, 6.45) is 2.96. The number of nitrogens with one attached hydrogen (secondary N) is 2. The SMILES string of the molecule is COCC1(NC(=O)Cc2nc(C)nc(N[C@H](C)c3cccc(S(F)(F)(F)(F)F)c3)c2C2OC=CO2)CC1. The maximum atomic E-state index is 13.4. The van der Waals surface area contributed by atoms with Crippen molar-refractivity contribution in [2.45, 2.75) is 55.9 Å². The molecule has 1 saturated carbocycles. The number of hydrogen-bond acceptors (Lipinski definition) is 7. The van der Waals surface area contributed by atoms with E-state index in [-0.39, 0.29) is 40.8 Å². The van der Waals surface area contributed by atoms with Crippen molar-refractivity contribution in [3.05, 3.63) is 59.4 Å². The summed E-state index contributed by atoms with van der Waals surface area (Å²) in [4.78, 5) is 19.6. The molecule has 37 heavy (non-hydrogen) atoms. The topological polar surface area (TPSA) is 94.6 Å². The Morgan fingerprint density at radius 2 is 1.86 bits per heavy atom. The number of rotatable bonds is 10. The first-order valence-corrected chi connectivity index (χ1v) is 13.3. The molecule has 1 aromatic heterocycles. The molecule has 2 N–H and O–H groups in total. The van der Waals surface area contributed by atoms with Crippen molar-refractivity contribution in [2.75, 3.05) is 19.0 Å². The molecule has 0 unspecified atom stereocenters. The molecule has 1 atom stereocenters. The monoisotopic (exact) mass is 550 g/mol. The molecule has 1 amide bonds. The normalized spacial score (nSPS) is 19.2. The van der Waals surface area contributed by atoms with Gasteiger partial charge in [-0.25, -0.2) is 9.97 Å². The third-order valence-corrected chi connectivity index (χ3v) is 7.14. The highest BCUT2D eigenvalue weighted by molar-refractivity contribution is 8.45. The van der Waals surface area contributed by atoms with Gasteiger partial charge in [-0.3, -0.25) is 4.79 Å². The second kappa shape index (κ2) is 8.72. The lowest BCUT2D eigenvalue weighted by molar-refractivity contribution is -0.121. The molecule has 1 fully saturated rings. The van der Waals surface area contributed by atoms with Crippen LogP contribution in [0.4, 0.5) is 25.2 Å². The minimum Gasteiger partial charge on any atom is -0.455 e. The first-order chi connectivity index (χ1) is 17.1. The molecule has 1 aliphatic heterocycles. The maximum Gasteiger partial charge on any atom is 0.310 e. The van der Waals surface area contributed by atoms with E-state index >= 15 is 0 Å². The molecule has 0 spiro atoms. The van der Waals surface area contributed by atoms with E-state index in [0.29, 0.717) is 18.7 Å². The number of ether oxygens (including phenoxy) is 3. The van der Waals surface area contributed by atoms with Crippen LogP contribution in [0.3, 0.4) is 0 Å². The Morgan fingerprint density at radius 3 is 2.46 bits per heavy atom. The van der Waals surface area contributed by atoms with Gasteiger partial charge in [0.2, 0.25) is 5.91 Å². The number of carbonyl (C=O) groups excluding carboxylic acids is 1. The Balaban J connectivity index is 1.64. The van der Waals surface area contributed by atoms with Crippen LogP contribution in [0.2, 0.25) is 0 Å². The minimum absolute atomic E-state index is 0.0473. The van der Waals surface area contributed by atoms with Crippen LogP contribution in [-0.2, 0) is 25.4 Å². The zero-order valence-electron chi connectivity index (χ0n) is 20.3. The number of anilines is 1. The van der Waals surface area contributed by atoms with Crippen LogP contribution in [0, 0.1) is 6.92 Å². The third-order valence-electron chi connectivity index (χ3n) is 6.00. The molecule has 2 aliphatic rings. The molecule has 2 heterocycles. The molecule has 1 aromatic carbocycles. The number of carbonyl (C=O) groups is 1. The highest BCUT2D eigenvalue weighted by Gasteiger charge is 2.65. The number of aryl methyl sites for hydroxylation is 1. The molecule has 8 nitrogen and oxygen atoms in total. The van der Waals surface area contributed by atoms with Crippen molar-refractivity contribution in [2.24, 2.45) is 0 Å². The molecule has 0 radical (unpaired) electrons. The molecule has 14 heteroatoms. The first kappa shape index (κ1) is 26.9. The van der Waals surface area contributed by atoms with Crippen LogP contribution < -0.4 is 10.6 Å². The fraction of sp³-hybridized carbons (Fsp3) is 0.435. The van der Waals surface area contributed by atoms with Crippen molar-refractivity contribution >= 4 is 21.9 Å². The summed E-state index contributed by atoms with van der Waals surface area (Å²) < 4.78 is 82.9. The average Bonchev–Trinajstić information content (AvgIpc) is 3.30. The molecular weight excluding hydrogens is 523 g/mol. The first-order valence-electron chi connectivity index (χ1n) is 11.3. The number of halogens is 5. The molecule has 0 saturated heterocycles. The van der Waals surface area contributed by atoms with Crippen LogP contribution >= 0.6 is 10.2 Å². The van der Waals surface area contributed by atoms with Crippen LogP contribution in [0.25, 0.3) is 0 Å². The van der Waals surface area contributed by atoms with Crippen molar-refractivity contribution in [3.63, 3.8) is 0 Å². The van der Waals surface area contributed by atoms with Gasteiger partial charge in [-0.2, -0.15) is 0 Å². The van der Waals surface area contributed by atoms with Crippen molar-refractivity contribution in [1.29, 1.82) is 0 Å². The highest BCUT2D eigenvalue weighted by atomic mass is 32.5. The molecule has 2 aromatic rings. The van der Waals surface area contributed by atoms with Crippen LogP contribution in [0.15, 0.2) is 41.7 Å². The summed E-state index contributed by atoms with van der Waals surface area (Å²) in [6, 6.07) is 2.08. The quantitative estimate of drug-likeness (QED) is 0.352. The number of amides is 1. The van der Waals surface area contributed by atoms with E-state index < -0.39 is 33.0 Å². The lowest BCUT2D eigenvalue weighted by atomic mass is 10.1. The van der Waals surface area contributed by atoms with Gasteiger partial charge >= 0.3 is 10.2 Å². The second-order valence-corrected chi connectivity index (χ2v) is 11.6. The van der Waals surface area contributed by atoms with Gasteiger partial charge in [0.15, 0.2) is 0 Å². The number of aromatic nitrogens is 2. The van der Waals surface area contributed by atoms with Gasteiger partial charge in [0.05, 0.1) is 35.9 Å². The molecule has 1 aliphatic carbocycles. The lowest BCUT2D eigenvalue weighted by Crippen LogP contribution is -2.41. The summed E-state index contributed by atoms with van der Waals surface area (Å²) in [6.45, 7) is 3.45. The second-order valence-electron chi connectivity index (χ2n) is 9.20. The molecular formula is C23H27F5N4O4S. The Labute approximate surface area is 210 Å². The van der Waals surface area contributed by atoms with Crippen molar-refractivity contribution in [3.8, 4) is 0 Å². The molecule has 0 bridgehead atoms. The van der Waals surface area contributed by atoms with E-state index in [4.69, 9.17) is 14.2 Å². The van der Waals surface area contributed by atoms with E-state index in [1.165, 1.54) is 25.5 Å². The highest BCUT2D eigenvalue weighted by Crippen LogP contribution is 3.02. The summed E-state index contributed by atoms with van der Waals surface area (Å²) in [5.41, 5.74) is 0.0775. The largest absolute Gasteiger partial charge is 0.455 e. The number of benzene rings is 1. The van der Waals surface area contributed by atoms with Gasteiger partial charge < -0.3 is 24.8 Å². The van der Waals surface area contributed by atoms with Gasteiger partial charge in [0.25, 0.3) is 6.29 Å². The van der Waals surface area contributed by atoms with Crippen LogP contribution in [0.5, 0.6) is 0 Å². The smallest absolute Gasteiger partial charge is 0.310 e. The Hall–Kier alpha value is -3.13. The number of methoxy groups -OCH3 is 1. The van der Waals surface area contributed by atoms with Gasteiger partial charge in [-0.05, 0) is 44.4 Å². The predicted octanol–water partition coefficient (Wildman–Crippen LogP) is 5.97. The standard InChI is InChI=1S/C23H27F5N4O4S/c1-14(16-5-4-6-17(11-16)37(24,25,26,27)28)29-21-20(22-35-9-10-36-22)18(30-15(2)31-21)12-19(33)32-23(7-8-23)13-34-3/h4-6,9-11,14,22H,7-8,12-13H2,1-3H3,(H,32,33)(H,29,30,31)/t14-/m1/s1. The van der Waals surface area contributed by atoms with Gasteiger partial charge in [0.1, 0.15) is 29.1 Å². The van der Waals surface area contributed by atoms with E-state index in [2.05, 4.69) is 20.6 Å². The van der Waals surface area contributed by atoms with E-state index in [1.54, 1.807) is 14.0 Å².